The first-order valence-electron chi connectivity index (χ1n) is 4.52. The maximum absolute atomic E-state index is 11.0. The van der Waals surface area contributed by atoms with Crippen LogP contribution in [-0.4, -0.2) is 17.0 Å². The van der Waals surface area contributed by atoms with E-state index in [-0.39, 0.29) is 4.92 Å². The van der Waals surface area contributed by atoms with Crippen LogP contribution in [0.3, 0.4) is 0 Å². The Labute approximate surface area is 90.3 Å². The number of halogens is 1. The Bertz CT molecular complexity index is 362. The molecule has 2 rings (SSSR count). The first-order chi connectivity index (χ1) is 6.54. The Kier molecular flexibility index (Phi) is 2.14. The van der Waals surface area contributed by atoms with E-state index >= 15 is 0 Å². The highest BCUT2D eigenvalue weighted by Crippen LogP contribution is 2.39. The zero-order valence-electron chi connectivity index (χ0n) is 7.84. The molecule has 0 saturated heterocycles. The van der Waals surface area contributed by atoms with E-state index in [0.29, 0.717) is 6.42 Å². The summed E-state index contributed by atoms with van der Waals surface area (Å²) in [5.41, 5.74) is 0.896. The molecule has 0 amide bonds. The fourth-order valence-corrected chi connectivity index (χ4v) is 2.88. The number of hydrogen-bond acceptors (Lipinski definition) is 3. The van der Waals surface area contributed by atoms with Gasteiger partial charge in [0.05, 0.1) is 12.1 Å². The minimum Gasteiger partial charge on any atom is -0.382 e. The van der Waals surface area contributed by atoms with Crippen LogP contribution in [-0.2, 0) is 0 Å². The molecule has 1 heterocycles. The fourth-order valence-electron chi connectivity index (χ4n) is 2.05. The highest BCUT2D eigenvalue weighted by Gasteiger charge is 2.46. The molecule has 0 bridgehead atoms. The predicted octanol–water partition coefficient (Wildman–Crippen LogP) is 1.95. The molecule has 1 N–H and O–H groups in total. The molecule has 0 radical (unpaired) electrons. The topological polar surface area (TPSA) is 55.2 Å². The number of nitro groups is 1. The van der Waals surface area contributed by atoms with Crippen molar-refractivity contribution in [2.75, 3.05) is 6.54 Å². The van der Waals surface area contributed by atoms with Gasteiger partial charge in [-0.15, -0.1) is 0 Å². The minimum absolute atomic E-state index is 0.199. The van der Waals surface area contributed by atoms with Crippen molar-refractivity contribution in [3.63, 3.8) is 0 Å². The fraction of sp³-hybridized carbons (Fsp3) is 0.556. The molecule has 0 aromatic heterocycles. The molecule has 5 heteroatoms. The average molecular weight is 259 g/mol. The lowest BCUT2D eigenvalue weighted by Crippen LogP contribution is -2.42. The second kappa shape index (κ2) is 3.08. The lowest BCUT2D eigenvalue weighted by Gasteiger charge is -2.26. The van der Waals surface area contributed by atoms with E-state index in [2.05, 4.69) is 21.2 Å². The maximum atomic E-state index is 11.0. The molecule has 4 nitrogen and oxygen atoms in total. The molecule has 76 valence electrons. The SMILES string of the molecule is CC1([N+](=O)[O-])CC(Br)=CC2=C1NCC2. The van der Waals surface area contributed by atoms with Gasteiger partial charge < -0.3 is 5.32 Å². The Hall–Kier alpha value is -0.840. The smallest absolute Gasteiger partial charge is 0.263 e. The summed E-state index contributed by atoms with van der Waals surface area (Å²) < 4.78 is 0.916. The Morgan fingerprint density at radius 1 is 1.71 bits per heavy atom. The molecule has 0 fully saturated rings. The third-order valence-corrected chi connectivity index (χ3v) is 3.31. The largest absolute Gasteiger partial charge is 0.382 e. The van der Waals surface area contributed by atoms with Crippen molar-refractivity contribution >= 4 is 15.9 Å². The third kappa shape index (κ3) is 1.27. The summed E-state index contributed by atoms with van der Waals surface area (Å²) in [5.74, 6) is 0. The standard InChI is InChI=1S/C9H11BrN2O2/c1-9(12(13)14)5-7(10)4-6-2-3-11-8(6)9/h4,11H,2-3,5H2,1H3. The summed E-state index contributed by atoms with van der Waals surface area (Å²) in [7, 11) is 0. The van der Waals surface area contributed by atoms with E-state index in [9.17, 15) is 10.1 Å². The van der Waals surface area contributed by atoms with Gasteiger partial charge in [0.1, 0.15) is 0 Å². The first-order valence-corrected chi connectivity index (χ1v) is 5.31. The number of hydrogen-bond donors (Lipinski definition) is 1. The summed E-state index contributed by atoms with van der Waals surface area (Å²) in [4.78, 5) is 10.8. The van der Waals surface area contributed by atoms with Crippen LogP contribution in [0.1, 0.15) is 19.8 Å². The van der Waals surface area contributed by atoms with Crippen molar-refractivity contribution < 1.29 is 4.92 Å². The highest BCUT2D eigenvalue weighted by atomic mass is 79.9. The van der Waals surface area contributed by atoms with Gasteiger partial charge in [-0.25, -0.2) is 0 Å². The van der Waals surface area contributed by atoms with E-state index in [0.717, 1.165) is 28.7 Å². The molecule has 0 aromatic carbocycles. The molecule has 1 unspecified atom stereocenters. The lowest BCUT2D eigenvalue weighted by molar-refractivity contribution is -0.553. The van der Waals surface area contributed by atoms with E-state index in [1.54, 1.807) is 6.92 Å². The van der Waals surface area contributed by atoms with E-state index in [1.165, 1.54) is 0 Å². The van der Waals surface area contributed by atoms with Gasteiger partial charge in [-0.1, -0.05) is 15.9 Å². The molecule has 1 aliphatic heterocycles. The summed E-state index contributed by atoms with van der Waals surface area (Å²) in [6, 6.07) is 0. The van der Waals surface area contributed by atoms with Crippen molar-refractivity contribution in [1.82, 2.24) is 5.32 Å². The zero-order chi connectivity index (χ0) is 10.3. The Morgan fingerprint density at radius 3 is 3.07 bits per heavy atom. The summed E-state index contributed by atoms with van der Waals surface area (Å²) in [6.45, 7) is 2.49. The molecule has 1 aliphatic carbocycles. The zero-order valence-corrected chi connectivity index (χ0v) is 9.43. The third-order valence-electron chi connectivity index (χ3n) is 2.80. The Balaban J connectivity index is 2.47. The van der Waals surface area contributed by atoms with Crippen molar-refractivity contribution in [3.05, 3.63) is 31.9 Å². The van der Waals surface area contributed by atoms with Crippen LogP contribution in [0.2, 0.25) is 0 Å². The van der Waals surface area contributed by atoms with Crippen LogP contribution in [0.25, 0.3) is 0 Å². The summed E-state index contributed by atoms with van der Waals surface area (Å²) in [6.07, 6.45) is 3.32. The van der Waals surface area contributed by atoms with Crippen molar-refractivity contribution in [1.29, 1.82) is 0 Å². The van der Waals surface area contributed by atoms with Gasteiger partial charge in [0.25, 0.3) is 5.54 Å². The molecular formula is C9H11BrN2O2. The van der Waals surface area contributed by atoms with Gasteiger partial charge in [0.15, 0.2) is 0 Å². The summed E-state index contributed by atoms with van der Waals surface area (Å²) >= 11 is 3.36. The highest BCUT2D eigenvalue weighted by molar-refractivity contribution is 9.11. The normalized spacial score (nSPS) is 30.9. The Morgan fingerprint density at radius 2 is 2.43 bits per heavy atom. The van der Waals surface area contributed by atoms with E-state index in [4.69, 9.17) is 0 Å². The number of rotatable bonds is 1. The second-order valence-electron chi connectivity index (χ2n) is 3.88. The van der Waals surface area contributed by atoms with Crippen LogP contribution in [0.5, 0.6) is 0 Å². The minimum atomic E-state index is -0.973. The van der Waals surface area contributed by atoms with Gasteiger partial charge >= 0.3 is 0 Å². The predicted molar refractivity (Wildman–Crippen MR) is 56.7 cm³/mol. The van der Waals surface area contributed by atoms with Gasteiger partial charge in [-0.2, -0.15) is 0 Å². The van der Waals surface area contributed by atoms with Crippen LogP contribution in [0.15, 0.2) is 21.8 Å². The quantitative estimate of drug-likeness (QED) is 0.578. The van der Waals surface area contributed by atoms with Crippen molar-refractivity contribution in [2.45, 2.75) is 25.3 Å². The van der Waals surface area contributed by atoms with E-state index in [1.807, 2.05) is 6.08 Å². The van der Waals surface area contributed by atoms with Gasteiger partial charge in [0.2, 0.25) is 0 Å². The monoisotopic (exact) mass is 258 g/mol. The van der Waals surface area contributed by atoms with Crippen molar-refractivity contribution in [3.8, 4) is 0 Å². The number of nitrogens with one attached hydrogen (secondary N) is 1. The van der Waals surface area contributed by atoms with Crippen LogP contribution < -0.4 is 5.32 Å². The van der Waals surface area contributed by atoms with Gasteiger partial charge in [-0.05, 0) is 18.1 Å². The maximum Gasteiger partial charge on any atom is 0.263 e. The first kappa shape index (κ1) is 9.71. The molecule has 0 spiro atoms. The molecular weight excluding hydrogens is 248 g/mol. The molecule has 1 atom stereocenters. The van der Waals surface area contributed by atoms with Crippen LogP contribution >= 0.6 is 15.9 Å². The second-order valence-corrected chi connectivity index (χ2v) is 4.89. The van der Waals surface area contributed by atoms with E-state index < -0.39 is 5.54 Å². The van der Waals surface area contributed by atoms with Gasteiger partial charge in [0, 0.05) is 22.9 Å². The van der Waals surface area contributed by atoms with Gasteiger partial charge in [-0.3, -0.25) is 10.1 Å². The van der Waals surface area contributed by atoms with Crippen LogP contribution in [0, 0.1) is 10.1 Å². The molecule has 0 saturated carbocycles. The molecule has 2 aliphatic rings. The average Bonchev–Trinajstić information content (AvgIpc) is 2.51. The number of allylic oxidation sites excluding steroid dienone is 1. The molecule has 14 heavy (non-hydrogen) atoms. The molecule has 0 aromatic rings. The summed E-state index contributed by atoms with van der Waals surface area (Å²) in [5, 5.41) is 14.2. The lowest BCUT2D eigenvalue weighted by atomic mass is 9.87. The van der Waals surface area contributed by atoms with Crippen molar-refractivity contribution in [2.24, 2.45) is 0 Å². The number of nitrogens with zero attached hydrogens (tertiary/aromatic N) is 1. The van der Waals surface area contributed by atoms with Crippen LogP contribution in [0.4, 0.5) is 0 Å².